The molecule has 0 saturated heterocycles. The molecule has 2 aromatic carbocycles. The highest BCUT2D eigenvalue weighted by Crippen LogP contribution is 2.40. The molecule has 3 rings (SSSR count). The molecule has 0 aromatic heterocycles. The summed E-state index contributed by atoms with van der Waals surface area (Å²) >= 11 is 0. The van der Waals surface area contributed by atoms with Crippen molar-refractivity contribution in [2.75, 3.05) is 19.8 Å². The summed E-state index contributed by atoms with van der Waals surface area (Å²) in [5, 5.41) is 6.83. The summed E-state index contributed by atoms with van der Waals surface area (Å²) < 4.78 is 23.1. The van der Waals surface area contributed by atoms with Gasteiger partial charge in [-0.25, -0.2) is 8.42 Å². The zero-order valence-electron chi connectivity index (χ0n) is 17.0. The average Bonchev–Trinajstić information content (AvgIpc) is 3.19. The van der Waals surface area contributed by atoms with Gasteiger partial charge < -0.3 is 10.6 Å². The summed E-state index contributed by atoms with van der Waals surface area (Å²) in [6.45, 7) is 1.44. The molecule has 1 fully saturated rings. The fourth-order valence-corrected chi connectivity index (χ4v) is 4.56. The molecule has 0 aliphatic heterocycles. The number of sulfone groups is 1. The molecule has 1 aliphatic carbocycles. The van der Waals surface area contributed by atoms with Gasteiger partial charge in [0.15, 0.2) is 15.8 Å². The zero-order chi connectivity index (χ0) is 20.0. The van der Waals surface area contributed by atoms with E-state index in [2.05, 4.69) is 46.0 Å². The second-order valence-electron chi connectivity index (χ2n) is 7.55. The van der Waals surface area contributed by atoms with Crippen LogP contribution in [0.4, 0.5) is 0 Å². The van der Waals surface area contributed by atoms with Crippen molar-refractivity contribution in [2.45, 2.75) is 42.5 Å². The minimum Gasteiger partial charge on any atom is -0.356 e. The molecule has 2 N–H and O–H groups in total. The number of benzene rings is 2. The predicted octanol–water partition coefficient (Wildman–Crippen LogP) is 3.89. The van der Waals surface area contributed by atoms with E-state index < -0.39 is 9.84 Å². The van der Waals surface area contributed by atoms with E-state index in [-0.39, 0.29) is 29.4 Å². The molecule has 0 atom stereocenters. The van der Waals surface area contributed by atoms with Crippen molar-refractivity contribution >= 4 is 39.8 Å². The number of nitrogens with one attached hydrogen (secondary N) is 2. The van der Waals surface area contributed by atoms with Crippen LogP contribution in [0.15, 0.2) is 64.5 Å². The minimum absolute atomic E-state index is 0. The molecule has 0 heterocycles. The second kappa shape index (κ2) is 10.4. The van der Waals surface area contributed by atoms with Crippen LogP contribution in [0, 0.1) is 0 Å². The molecular weight excluding hydrogens is 497 g/mol. The van der Waals surface area contributed by atoms with Gasteiger partial charge in [0, 0.05) is 31.8 Å². The first kappa shape index (κ1) is 23.7. The van der Waals surface area contributed by atoms with Crippen molar-refractivity contribution in [3.63, 3.8) is 0 Å². The first-order chi connectivity index (χ1) is 13.4. The largest absolute Gasteiger partial charge is 0.356 e. The Labute approximate surface area is 191 Å². The van der Waals surface area contributed by atoms with Gasteiger partial charge in [-0.05, 0) is 36.1 Å². The van der Waals surface area contributed by atoms with Gasteiger partial charge in [-0.3, -0.25) is 4.99 Å². The molecule has 0 spiro atoms. The summed E-state index contributed by atoms with van der Waals surface area (Å²) in [6, 6.07) is 17.7. The average molecular weight is 527 g/mol. The number of rotatable bonds is 6. The predicted molar refractivity (Wildman–Crippen MR) is 130 cm³/mol. The van der Waals surface area contributed by atoms with E-state index in [0.717, 1.165) is 18.1 Å². The second-order valence-corrected chi connectivity index (χ2v) is 9.56. The molecule has 0 unspecified atom stereocenters. The summed E-state index contributed by atoms with van der Waals surface area (Å²) in [5.74, 6) is 0.759. The third kappa shape index (κ3) is 6.18. The van der Waals surface area contributed by atoms with E-state index in [1.54, 1.807) is 19.2 Å². The Morgan fingerprint density at radius 2 is 1.62 bits per heavy atom. The molecule has 1 saturated carbocycles. The topological polar surface area (TPSA) is 70.6 Å². The van der Waals surface area contributed by atoms with Crippen LogP contribution in [0.3, 0.4) is 0 Å². The van der Waals surface area contributed by atoms with E-state index in [4.69, 9.17) is 0 Å². The van der Waals surface area contributed by atoms with Crippen LogP contribution in [0.1, 0.15) is 36.8 Å². The standard InChI is InChI=1S/C22H29N3O2S.HI/c1-23-21(24-16-18-10-12-20(13-11-18)28(2,26)27)25-17-22(14-6-7-15-22)19-8-4-3-5-9-19;/h3-5,8-13H,6-7,14-17H2,1-2H3,(H2,23,24,25);1H. The normalized spacial score (nSPS) is 16.1. The van der Waals surface area contributed by atoms with Crippen LogP contribution in [-0.4, -0.2) is 34.2 Å². The molecule has 0 radical (unpaired) electrons. The van der Waals surface area contributed by atoms with Crippen molar-refractivity contribution in [3.8, 4) is 0 Å². The Morgan fingerprint density at radius 1 is 1.00 bits per heavy atom. The fraction of sp³-hybridized carbons (Fsp3) is 0.409. The summed E-state index contributed by atoms with van der Waals surface area (Å²) in [6.07, 6.45) is 6.12. The van der Waals surface area contributed by atoms with Gasteiger partial charge in [0.1, 0.15) is 0 Å². The third-order valence-corrected chi connectivity index (χ3v) is 6.70. The van der Waals surface area contributed by atoms with Gasteiger partial charge in [-0.15, -0.1) is 24.0 Å². The molecule has 5 nitrogen and oxygen atoms in total. The van der Waals surface area contributed by atoms with Crippen LogP contribution in [0.2, 0.25) is 0 Å². The van der Waals surface area contributed by atoms with Crippen LogP contribution < -0.4 is 10.6 Å². The lowest BCUT2D eigenvalue weighted by molar-refractivity contribution is 0.431. The number of aliphatic imine (C=N–C) groups is 1. The highest BCUT2D eigenvalue weighted by molar-refractivity contribution is 14.0. The van der Waals surface area contributed by atoms with E-state index in [9.17, 15) is 8.42 Å². The number of hydrogen-bond donors (Lipinski definition) is 2. The van der Waals surface area contributed by atoms with Crippen LogP contribution >= 0.6 is 24.0 Å². The summed E-state index contributed by atoms with van der Waals surface area (Å²) in [4.78, 5) is 4.68. The number of hydrogen-bond acceptors (Lipinski definition) is 3. The maximum atomic E-state index is 11.6. The zero-order valence-corrected chi connectivity index (χ0v) is 20.2. The maximum absolute atomic E-state index is 11.6. The number of nitrogens with zero attached hydrogens (tertiary/aromatic N) is 1. The molecule has 0 bridgehead atoms. The maximum Gasteiger partial charge on any atom is 0.191 e. The van der Waals surface area contributed by atoms with Crippen molar-refractivity contribution in [1.82, 2.24) is 10.6 Å². The van der Waals surface area contributed by atoms with Gasteiger partial charge >= 0.3 is 0 Å². The molecule has 2 aromatic rings. The van der Waals surface area contributed by atoms with Crippen molar-refractivity contribution in [3.05, 3.63) is 65.7 Å². The summed E-state index contributed by atoms with van der Waals surface area (Å²) in [5.41, 5.74) is 2.57. The molecule has 1 aliphatic rings. The fourth-order valence-electron chi connectivity index (χ4n) is 3.92. The minimum atomic E-state index is -3.16. The Bertz CT molecular complexity index is 907. The van der Waals surface area contributed by atoms with Gasteiger partial charge in [0.2, 0.25) is 0 Å². The first-order valence-electron chi connectivity index (χ1n) is 9.72. The molecular formula is C22H30IN3O2S. The van der Waals surface area contributed by atoms with Crippen molar-refractivity contribution in [2.24, 2.45) is 4.99 Å². The Morgan fingerprint density at radius 3 is 2.17 bits per heavy atom. The van der Waals surface area contributed by atoms with Gasteiger partial charge in [0.25, 0.3) is 0 Å². The van der Waals surface area contributed by atoms with E-state index in [0.29, 0.717) is 11.4 Å². The third-order valence-electron chi connectivity index (χ3n) is 5.58. The van der Waals surface area contributed by atoms with Crippen molar-refractivity contribution < 1.29 is 8.42 Å². The molecule has 29 heavy (non-hydrogen) atoms. The van der Waals surface area contributed by atoms with E-state index in [1.807, 2.05) is 12.1 Å². The van der Waals surface area contributed by atoms with E-state index in [1.165, 1.54) is 37.5 Å². The van der Waals surface area contributed by atoms with Crippen LogP contribution in [0.5, 0.6) is 0 Å². The Balaban J connectivity index is 0.00000300. The lowest BCUT2D eigenvalue weighted by atomic mass is 9.79. The van der Waals surface area contributed by atoms with Crippen molar-refractivity contribution in [1.29, 1.82) is 0 Å². The first-order valence-corrected chi connectivity index (χ1v) is 11.6. The lowest BCUT2D eigenvalue weighted by Gasteiger charge is -2.30. The number of halogens is 1. The SMILES string of the molecule is CN=C(NCc1ccc(S(C)(=O)=O)cc1)NCC1(c2ccccc2)CCCC1.I. The number of guanidine groups is 1. The highest BCUT2D eigenvalue weighted by atomic mass is 127. The van der Waals surface area contributed by atoms with Gasteiger partial charge in [-0.1, -0.05) is 55.3 Å². The molecule has 7 heteroatoms. The van der Waals surface area contributed by atoms with Crippen LogP contribution in [-0.2, 0) is 21.8 Å². The monoisotopic (exact) mass is 527 g/mol. The highest BCUT2D eigenvalue weighted by Gasteiger charge is 2.35. The summed E-state index contributed by atoms with van der Waals surface area (Å²) in [7, 11) is -1.39. The molecule has 0 amide bonds. The quantitative estimate of drug-likeness (QED) is 0.340. The Kier molecular flexibility index (Phi) is 8.51. The van der Waals surface area contributed by atoms with Gasteiger partial charge in [-0.2, -0.15) is 0 Å². The molecule has 158 valence electrons. The van der Waals surface area contributed by atoms with E-state index >= 15 is 0 Å². The van der Waals surface area contributed by atoms with Crippen LogP contribution in [0.25, 0.3) is 0 Å². The van der Waals surface area contributed by atoms with Gasteiger partial charge in [0.05, 0.1) is 4.90 Å². The lowest BCUT2D eigenvalue weighted by Crippen LogP contribution is -2.44. The Hall–Kier alpha value is -1.61. The smallest absolute Gasteiger partial charge is 0.191 e.